The van der Waals surface area contributed by atoms with Crippen molar-refractivity contribution in [2.45, 2.75) is 91.0 Å². The molecule has 0 aromatic heterocycles. The number of rotatable bonds is 10. The van der Waals surface area contributed by atoms with Crippen molar-refractivity contribution in [3.63, 3.8) is 0 Å². The molecule has 2 atom stereocenters. The molecule has 2 unspecified atom stereocenters. The van der Waals surface area contributed by atoms with E-state index >= 15 is 0 Å². The highest BCUT2D eigenvalue weighted by molar-refractivity contribution is 7.80. The standard InChI is InChI=1S/C33H39N3OS.C8H15NO2/c1-7-10-11-16-35-20-29-26(9-3)32(34-30(29)21-35)28-17-23(6)27(18-31(28)38)33(37)36(22(4)5)19-25-14-12-24(8-2)13-15-25;1-7-3-2-6-11-8(10)9-5-4-7/h2,12-15,17-18,26,38H,4,7,9-11,16,19-21H2,1,3,5-6H3;7H,2-6H2,1H3,(H,9,10). The zero-order valence-corrected chi connectivity index (χ0v) is 31.0. The summed E-state index contributed by atoms with van der Waals surface area (Å²) in [5, 5.41) is 2.69. The van der Waals surface area contributed by atoms with Gasteiger partial charge in [-0.15, -0.1) is 19.1 Å². The minimum absolute atomic E-state index is 0.0818. The number of carbonyl (C=O) groups is 2. The summed E-state index contributed by atoms with van der Waals surface area (Å²) < 4.78 is 4.86. The number of ether oxygens (including phenoxy) is 1. The van der Waals surface area contributed by atoms with Gasteiger partial charge in [0.2, 0.25) is 0 Å². The fourth-order valence-electron chi connectivity index (χ4n) is 6.70. The van der Waals surface area contributed by atoms with E-state index in [9.17, 15) is 9.59 Å². The molecule has 3 heterocycles. The number of terminal acetylenes is 1. The Bertz CT molecular complexity index is 1600. The summed E-state index contributed by atoms with van der Waals surface area (Å²) in [6.45, 7) is 19.4. The lowest BCUT2D eigenvalue weighted by Gasteiger charge is -2.25. The molecule has 8 heteroatoms. The first-order chi connectivity index (χ1) is 23.6. The maximum atomic E-state index is 13.7. The molecular formula is C41H54N4O3S. The van der Waals surface area contributed by atoms with E-state index in [1.807, 2.05) is 44.2 Å². The molecule has 2 aromatic carbocycles. The van der Waals surface area contributed by atoms with Crippen LogP contribution in [0.5, 0.6) is 0 Å². The van der Waals surface area contributed by atoms with Crippen molar-refractivity contribution in [1.29, 1.82) is 0 Å². The van der Waals surface area contributed by atoms with Gasteiger partial charge in [0.15, 0.2) is 0 Å². The van der Waals surface area contributed by atoms with Crippen molar-refractivity contribution in [2.24, 2.45) is 16.8 Å². The number of cyclic esters (lactones) is 1. The van der Waals surface area contributed by atoms with Crippen molar-refractivity contribution < 1.29 is 14.3 Å². The lowest BCUT2D eigenvalue weighted by molar-refractivity contribution is 0.0796. The lowest BCUT2D eigenvalue weighted by atomic mass is 9.88. The van der Waals surface area contributed by atoms with E-state index in [-0.39, 0.29) is 12.0 Å². The minimum atomic E-state index is -0.265. The number of hydrogen-bond donors (Lipinski definition) is 2. The molecule has 0 bridgehead atoms. The molecule has 7 nitrogen and oxygen atoms in total. The molecule has 0 saturated carbocycles. The second-order valence-corrected chi connectivity index (χ2v) is 14.1. The van der Waals surface area contributed by atoms with E-state index in [2.05, 4.69) is 49.6 Å². The summed E-state index contributed by atoms with van der Waals surface area (Å²) in [5.74, 6) is 3.57. The van der Waals surface area contributed by atoms with E-state index in [1.165, 1.54) is 30.5 Å². The number of carbonyl (C=O) groups excluding carboxylic acids is 2. The van der Waals surface area contributed by atoms with E-state index in [1.54, 1.807) is 4.90 Å². The Balaban J connectivity index is 0.000000418. The Morgan fingerprint density at radius 1 is 1.18 bits per heavy atom. The summed E-state index contributed by atoms with van der Waals surface area (Å²) >= 11 is 4.86. The summed E-state index contributed by atoms with van der Waals surface area (Å²) in [4.78, 5) is 34.6. The number of allylic oxidation sites excluding steroid dienone is 1. The van der Waals surface area contributed by atoms with Crippen LogP contribution in [0.15, 0.2) is 69.8 Å². The molecule has 2 amide bonds. The van der Waals surface area contributed by atoms with E-state index < -0.39 is 0 Å². The van der Waals surface area contributed by atoms with Crippen LogP contribution in [-0.2, 0) is 11.3 Å². The van der Waals surface area contributed by atoms with Gasteiger partial charge in [-0.25, -0.2) is 4.79 Å². The van der Waals surface area contributed by atoms with E-state index in [0.29, 0.717) is 36.2 Å². The zero-order valence-electron chi connectivity index (χ0n) is 30.1. The van der Waals surface area contributed by atoms with Crippen molar-refractivity contribution in [1.82, 2.24) is 15.1 Å². The summed E-state index contributed by atoms with van der Waals surface area (Å²) in [6, 6.07) is 11.7. The highest BCUT2D eigenvalue weighted by atomic mass is 32.1. The van der Waals surface area contributed by atoms with Crippen molar-refractivity contribution in [3.8, 4) is 12.3 Å². The highest BCUT2D eigenvalue weighted by Gasteiger charge is 2.36. The quantitative estimate of drug-likeness (QED) is 0.150. The second kappa shape index (κ2) is 18.3. The monoisotopic (exact) mass is 682 g/mol. The molecule has 1 saturated heterocycles. The van der Waals surface area contributed by atoms with Gasteiger partial charge in [0.25, 0.3) is 5.91 Å². The van der Waals surface area contributed by atoms with Gasteiger partial charge in [0.1, 0.15) is 0 Å². The number of nitrogens with one attached hydrogen (secondary N) is 1. The maximum Gasteiger partial charge on any atom is 0.407 e. The number of aliphatic imine (C=N–C) groups is 1. The third-order valence-corrected chi connectivity index (χ3v) is 10.00. The lowest BCUT2D eigenvalue weighted by Crippen LogP contribution is -2.29. The molecular weight excluding hydrogens is 629 g/mol. The van der Waals surface area contributed by atoms with Gasteiger partial charge >= 0.3 is 6.09 Å². The first-order valence-corrected chi connectivity index (χ1v) is 18.3. The molecule has 3 aliphatic rings. The third kappa shape index (κ3) is 10.1. The number of aryl methyl sites for hydroxylation is 1. The Hall–Kier alpha value is -3.80. The molecule has 3 aliphatic heterocycles. The predicted octanol–water partition coefficient (Wildman–Crippen LogP) is 8.56. The fourth-order valence-corrected chi connectivity index (χ4v) is 7.01. The number of hydrogen-bond acceptors (Lipinski definition) is 6. The van der Waals surface area contributed by atoms with Crippen molar-refractivity contribution in [2.75, 3.05) is 32.8 Å². The van der Waals surface area contributed by atoms with Crippen LogP contribution < -0.4 is 5.32 Å². The first kappa shape index (κ1) is 38.0. The summed E-state index contributed by atoms with van der Waals surface area (Å²) in [5.41, 5.74) is 8.89. The Labute approximate surface area is 299 Å². The number of thiol groups is 1. The summed E-state index contributed by atoms with van der Waals surface area (Å²) in [7, 11) is 0. The number of amides is 2. The third-order valence-electron chi connectivity index (χ3n) is 9.63. The molecule has 262 valence electrons. The SMILES string of the molecule is C#Cc1ccc(CN(C(=C)C)C(=O)c2cc(S)c(C3=NC4=C(CN(CCCCC)C4)C3CC)cc2C)cc1.CC1CCCOC(=O)NCC1. The maximum absolute atomic E-state index is 13.7. The van der Waals surface area contributed by atoms with Gasteiger partial charge in [0.05, 0.1) is 24.6 Å². The predicted molar refractivity (Wildman–Crippen MR) is 203 cm³/mol. The Kier molecular flexibility index (Phi) is 14.2. The fraction of sp³-hybridized carbons (Fsp3) is 0.488. The van der Waals surface area contributed by atoms with Crippen molar-refractivity contribution in [3.05, 3.63) is 87.8 Å². The van der Waals surface area contributed by atoms with Crippen LogP contribution in [-0.4, -0.2) is 60.3 Å². The summed E-state index contributed by atoms with van der Waals surface area (Å²) in [6.07, 6.45) is 13.2. The molecule has 0 radical (unpaired) electrons. The van der Waals surface area contributed by atoms with Crippen LogP contribution in [0, 0.1) is 31.1 Å². The molecule has 5 rings (SSSR count). The first-order valence-electron chi connectivity index (χ1n) is 17.9. The average molecular weight is 683 g/mol. The highest BCUT2D eigenvalue weighted by Crippen LogP contribution is 2.38. The number of alkyl carbamates (subject to hydrolysis) is 1. The Morgan fingerprint density at radius 2 is 1.94 bits per heavy atom. The molecule has 49 heavy (non-hydrogen) atoms. The van der Waals surface area contributed by atoms with Gasteiger partial charge in [-0.2, -0.15) is 0 Å². The number of unbranched alkanes of at least 4 members (excludes halogenated alkanes) is 2. The topological polar surface area (TPSA) is 74.2 Å². The van der Waals surface area contributed by atoms with Crippen molar-refractivity contribution >= 4 is 30.3 Å². The molecule has 0 spiro atoms. The smallest absolute Gasteiger partial charge is 0.407 e. The molecule has 0 aliphatic carbocycles. The molecule has 1 fully saturated rings. The minimum Gasteiger partial charge on any atom is -0.450 e. The van der Waals surface area contributed by atoms with Crippen LogP contribution in [0.4, 0.5) is 4.79 Å². The van der Waals surface area contributed by atoms with Crippen LogP contribution in [0.2, 0.25) is 0 Å². The molecule has 2 aromatic rings. The number of benzene rings is 2. The van der Waals surface area contributed by atoms with Crippen LogP contribution in [0.3, 0.4) is 0 Å². The van der Waals surface area contributed by atoms with Crippen LogP contribution >= 0.6 is 12.6 Å². The normalized spacial score (nSPS) is 19.2. The Morgan fingerprint density at radius 3 is 2.61 bits per heavy atom. The second-order valence-electron chi connectivity index (χ2n) is 13.6. The van der Waals surface area contributed by atoms with Gasteiger partial charge < -0.3 is 15.0 Å². The van der Waals surface area contributed by atoms with E-state index in [4.69, 9.17) is 28.8 Å². The van der Waals surface area contributed by atoms with Crippen LogP contribution in [0.1, 0.15) is 105 Å². The van der Waals surface area contributed by atoms with E-state index in [0.717, 1.165) is 84.7 Å². The van der Waals surface area contributed by atoms with Gasteiger partial charge in [-0.3, -0.25) is 14.7 Å². The largest absolute Gasteiger partial charge is 0.450 e. The average Bonchev–Trinajstić information content (AvgIpc) is 3.66. The zero-order chi connectivity index (χ0) is 35.5. The van der Waals surface area contributed by atoms with Gasteiger partial charge in [0, 0.05) is 52.8 Å². The van der Waals surface area contributed by atoms with Crippen LogP contribution in [0.25, 0.3) is 0 Å². The van der Waals surface area contributed by atoms with Gasteiger partial charge in [-0.05, 0) is 99.4 Å². The number of nitrogens with zero attached hydrogens (tertiary/aromatic N) is 3. The molecule has 1 N–H and O–H groups in total. The van der Waals surface area contributed by atoms with Gasteiger partial charge in [-0.1, -0.05) is 58.2 Å².